The first kappa shape index (κ1) is 22.9. The lowest BCUT2D eigenvalue weighted by atomic mass is 10.2. The number of nitrogens with one attached hydrogen (secondary N) is 4. The van der Waals surface area contributed by atoms with Crippen molar-refractivity contribution in [3.8, 4) is 0 Å². The Kier molecular flexibility index (Phi) is 9.33. The molecule has 0 bridgehead atoms. The van der Waals surface area contributed by atoms with Crippen LogP contribution in [0.25, 0.3) is 0 Å². The third-order valence-corrected chi connectivity index (χ3v) is 4.10. The van der Waals surface area contributed by atoms with Gasteiger partial charge in [-0.25, -0.2) is 0 Å². The van der Waals surface area contributed by atoms with Crippen molar-refractivity contribution in [1.29, 1.82) is 0 Å². The predicted molar refractivity (Wildman–Crippen MR) is 118 cm³/mol. The van der Waals surface area contributed by atoms with Crippen LogP contribution in [0.5, 0.6) is 0 Å². The van der Waals surface area contributed by atoms with E-state index < -0.39 is 0 Å². The molecule has 8 nitrogen and oxygen atoms in total. The van der Waals surface area contributed by atoms with Crippen molar-refractivity contribution < 1.29 is 19.1 Å². The van der Waals surface area contributed by atoms with E-state index >= 15 is 0 Å². The fourth-order valence-electron chi connectivity index (χ4n) is 2.61. The molecule has 0 radical (unpaired) electrons. The Morgan fingerprint density at radius 1 is 0.900 bits per heavy atom. The second-order valence-electron chi connectivity index (χ2n) is 6.61. The van der Waals surface area contributed by atoms with Crippen LogP contribution < -0.4 is 21.3 Å². The molecule has 4 N–H and O–H groups in total. The molecule has 0 aliphatic rings. The van der Waals surface area contributed by atoms with Gasteiger partial charge >= 0.3 is 0 Å². The molecule has 30 heavy (non-hydrogen) atoms. The highest BCUT2D eigenvalue weighted by molar-refractivity contribution is 5.96. The molecular formula is C22H28N4O4. The molecular weight excluding hydrogens is 384 g/mol. The van der Waals surface area contributed by atoms with E-state index in [9.17, 15) is 14.4 Å². The molecule has 0 heterocycles. The average Bonchev–Trinajstić information content (AvgIpc) is 2.74. The second-order valence-corrected chi connectivity index (χ2v) is 6.61. The van der Waals surface area contributed by atoms with Crippen LogP contribution in [0.2, 0.25) is 0 Å². The Balaban J connectivity index is 1.82. The van der Waals surface area contributed by atoms with Crippen LogP contribution >= 0.6 is 0 Å². The molecule has 0 aliphatic carbocycles. The van der Waals surface area contributed by atoms with E-state index in [0.717, 1.165) is 6.42 Å². The summed E-state index contributed by atoms with van der Waals surface area (Å²) in [5.74, 6) is -0.466. The van der Waals surface area contributed by atoms with Crippen molar-refractivity contribution in [2.45, 2.75) is 19.8 Å². The third kappa shape index (κ3) is 7.92. The van der Waals surface area contributed by atoms with Crippen LogP contribution in [0.1, 0.15) is 30.1 Å². The quantitative estimate of drug-likeness (QED) is 0.425. The van der Waals surface area contributed by atoms with Crippen LogP contribution in [0, 0.1) is 0 Å². The molecule has 0 unspecified atom stereocenters. The number of carbonyl (C=O) groups excluding carboxylic acids is 3. The molecule has 0 atom stereocenters. The van der Waals surface area contributed by atoms with Crippen LogP contribution in [0.4, 0.5) is 17.1 Å². The lowest BCUT2D eigenvalue weighted by Crippen LogP contribution is -2.27. The number of hydrogen-bond acceptors (Lipinski definition) is 5. The molecule has 0 fully saturated rings. The lowest BCUT2D eigenvalue weighted by molar-refractivity contribution is -0.116. The molecule has 8 heteroatoms. The topological polar surface area (TPSA) is 109 Å². The molecule has 160 valence electrons. The highest BCUT2D eigenvalue weighted by Gasteiger charge is 2.07. The van der Waals surface area contributed by atoms with E-state index in [1.807, 2.05) is 6.92 Å². The highest BCUT2D eigenvalue weighted by Crippen LogP contribution is 2.14. The molecule has 3 amide bonds. The number of anilines is 3. The van der Waals surface area contributed by atoms with E-state index in [4.69, 9.17) is 4.74 Å². The van der Waals surface area contributed by atoms with Gasteiger partial charge in [0, 0.05) is 42.7 Å². The first-order valence-electron chi connectivity index (χ1n) is 9.82. The highest BCUT2D eigenvalue weighted by atomic mass is 16.5. The predicted octanol–water partition coefficient (Wildman–Crippen LogP) is 2.85. The van der Waals surface area contributed by atoms with Gasteiger partial charge in [0.05, 0.1) is 13.2 Å². The van der Waals surface area contributed by atoms with E-state index in [-0.39, 0.29) is 24.3 Å². The van der Waals surface area contributed by atoms with Crippen molar-refractivity contribution in [2.75, 3.05) is 42.8 Å². The minimum atomic E-state index is -0.229. The zero-order valence-corrected chi connectivity index (χ0v) is 17.3. The second kappa shape index (κ2) is 12.2. The Morgan fingerprint density at radius 2 is 1.57 bits per heavy atom. The zero-order valence-electron chi connectivity index (χ0n) is 17.3. The van der Waals surface area contributed by atoms with Crippen LogP contribution in [0.3, 0.4) is 0 Å². The van der Waals surface area contributed by atoms with E-state index in [1.54, 1.807) is 55.6 Å². The minimum Gasteiger partial charge on any atom is -0.383 e. The summed E-state index contributed by atoms with van der Waals surface area (Å²) in [7, 11) is 1.57. The third-order valence-electron chi connectivity index (χ3n) is 4.10. The maximum Gasteiger partial charge on any atom is 0.251 e. The monoisotopic (exact) mass is 412 g/mol. The van der Waals surface area contributed by atoms with E-state index in [2.05, 4.69) is 21.3 Å². The summed E-state index contributed by atoms with van der Waals surface area (Å²) in [6, 6.07) is 13.8. The molecule has 0 saturated carbocycles. The molecule has 2 aromatic rings. The largest absolute Gasteiger partial charge is 0.383 e. The van der Waals surface area contributed by atoms with Crippen LogP contribution in [-0.4, -0.2) is 44.5 Å². The van der Waals surface area contributed by atoms with Gasteiger partial charge < -0.3 is 26.0 Å². The number of benzene rings is 2. The molecule has 0 spiro atoms. The summed E-state index contributed by atoms with van der Waals surface area (Å²) in [6.45, 7) is 2.86. The van der Waals surface area contributed by atoms with Gasteiger partial charge in [-0.3, -0.25) is 14.4 Å². The number of carbonyl (C=O) groups is 3. The van der Waals surface area contributed by atoms with E-state index in [0.29, 0.717) is 42.2 Å². The molecule has 0 saturated heterocycles. The number of ether oxygens (including phenoxy) is 1. The van der Waals surface area contributed by atoms with Gasteiger partial charge in [-0.1, -0.05) is 13.0 Å². The first-order valence-corrected chi connectivity index (χ1v) is 9.82. The Hall–Kier alpha value is -3.39. The molecule has 0 aliphatic heterocycles. The van der Waals surface area contributed by atoms with Crippen molar-refractivity contribution in [3.05, 3.63) is 54.1 Å². The maximum absolute atomic E-state index is 12.2. The van der Waals surface area contributed by atoms with Gasteiger partial charge in [0.25, 0.3) is 5.91 Å². The van der Waals surface area contributed by atoms with Gasteiger partial charge in [-0.2, -0.15) is 0 Å². The lowest BCUT2D eigenvalue weighted by Gasteiger charge is -2.10. The van der Waals surface area contributed by atoms with Gasteiger partial charge in [0.15, 0.2) is 0 Å². The number of methoxy groups -OCH3 is 1. The Bertz CT molecular complexity index is 852. The first-order chi connectivity index (χ1) is 14.5. The summed E-state index contributed by atoms with van der Waals surface area (Å²) in [4.78, 5) is 35.9. The van der Waals surface area contributed by atoms with Crippen LogP contribution in [-0.2, 0) is 14.3 Å². The SMILES string of the molecule is CCCC(=O)Nc1ccc(NC(=O)CNc2cccc(C(=O)NCCOC)c2)cc1. The molecule has 2 rings (SSSR count). The van der Waals surface area contributed by atoms with Crippen molar-refractivity contribution in [1.82, 2.24) is 5.32 Å². The van der Waals surface area contributed by atoms with Crippen molar-refractivity contribution in [3.63, 3.8) is 0 Å². The van der Waals surface area contributed by atoms with E-state index in [1.165, 1.54) is 0 Å². The molecule has 0 aromatic heterocycles. The maximum atomic E-state index is 12.2. The van der Waals surface area contributed by atoms with Gasteiger partial charge in [0.1, 0.15) is 0 Å². The number of hydrogen-bond donors (Lipinski definition) is 4. The Labute approximate surface area is 176 Å². The van der Waals surface area contributed by atoms with Crippen molar-refractivity contribution in [2.24, 2.45) is 0 Å². The summed E-state index contributed by atoms with van der Waals surface area (Å²) < 4.78 is 4.91. The fraction of sp³-hybridized carbons (Fsp3) is 0.318. The summed E-state index contributed by atoms with van der Waals surface area (Å²) in [5.41, 5.74) is 2.47. The van der Waals surface area contributed by atoms with Gasteiger partial charge in [-0.15, -0.1) is 0 Å². The molecule has 2 aromatic carbocycles. The fourth-order valence-corrected chi connectivity index (χ4v) is 2.61. The summed E-state index contributed by atoms with van der Waals surface area (Å²) in [5, 5.41) is 11.3. The van der Waals surface area contributed by atoms with Crippen molar-refractivity contribution >= 4 is 34.8 Å². The normalized spacial score (nSPS) is 10.2. The van der Waals surface area contributed by atoms with Gasteiger partial charge in [0.2, 0.25) is 11.8 Å². The summed E-state index contributed by atoms with van der Waals surface area (Å²) >= 11 is 0. The van der Waals surface area contributed by atoms with Crippen LogP contribution in [0.15, 0.2) is 48.5 Å². The average molecular weight is 412 g/mol. The summed E-state index contributed by atoms with van der Waals surface area (Å²) in [6.07, 6.45) is 1.26. The standard InChI is InChI=1S/C22H28N4O4/c1-3-5-20(27)25-17-8-10-18(11-9-17)26-21(28)15-24-19-7-4-6-16(14-19)22(29)23-12-13-30-2/h4,6-11,14,24H,3,5,12-13,15H2,1-2H3,(H,23,29)(H,25,27)(H,26,28). The minimum absolute atomic E-state index is 0.0342. The number of rotatable bonds is 11. The smallest absolute Gasteiger partial charge is 0.251 e. The Morgan fingerprint density at radius 3 is 2.20 bits per heavy atom. The van der Waals surface area contributed by atoms with Gasteiger partial charge in [-0.05, 0) is 48.9 Å². The zero-order chi connectivity index (χ0) is 21.8. The number of amides is 3.